The number of thiazole rings is 1. The smallest absolute Gasteiger partial charge is 0.246 e. The predicted molar refractivity (Wildman–Crippen MR) is 103 cm³/mol. The van der Waals surface area contributed by atoms with E-state index in [0.29, 0.717) is 6.61 Å². The zero-order chi connectivity index (χ0) is 18.4. The lowest BCUT2D eigenvalue weighted by molar-refractivity contribution is -0.126. The van der Waals surface area contributed by atoms with Crippen LogP contribution in [0.25, 0.3) is 10.2 Å². The van der Waals surface area contributed by atoms with Gasteiger partial charge in [-0.3, -0.25) is 4.79 Å². The molecule has 0 fully saturated rings. The van der Waals surface area contributed by atoms with Gasteiger partial charge in [-0.25, -0.2) is 4.98 Å². The van der Waals surface area contributed by atoms with E-state index in [2.05, 4.69) is 10.3 Å². The summed E-state index contributed by atoms with van der Waals surface area (Å²) in [6.45, 7) is 2.39. The standard InChI is InChI=1S/C20H22N2O3S/c1-3-16(14-8-10-15(24-2)11-9-14)21-19(23)12-25-13-20-22-17-6-4-5-7-18(17)26-20/h4-11,16H,3,12-13H2,1-2H3,(H,21,23). The lowest BCUT2D eigenvalue weighted by Crippen LogP contribution is -2.31. The van der Waals surface area contributed by atoms with Crippen molar-refractivity contribution in [3.05, 3.63) is 59.1 Å². The Morgan fingerprint density at radius 1 is 1.19 bits per heavy atom. The summed E-state index contributed by atoms with van der Waals surface area (Å²) in [6.07, 6.45) is 0.802. The van der Waals surface area contributed by atoms with Crippen LogP contribution in [0.1, 0.15) is 30.0 Å². The molecule has 0 radical (unpaired) electrons. The van der Waals surface area contributed by atoms with Gasteiger partial charge in [-0.15, -0.1) is 11.3 Å². The fourth-order valence-electron chi connectivity index (χ4n) is 2.71. The average Bonchev–Trinajstić information content (AvgIpc) is 3.09. The average molecular weight is 370 g/mol. The van der Waals surface area contributed by atoms with Gasteiger partial charge in [0.2, 0.25) is 5.91 Å². The van der Waals surface area contributed by atoms with Crippen LogP contribution in [0.3, 0.4) is 0 Å². The van der Waals surface area contributed by atoms with Crippen LogP contribution in [0.2, 0.25) is 0 Å². The van der Waals surface area contributed by atoms with E-state index in [-0.39, 0.29) is 18.6 Å². The van der Waals surface area contributed by atoms with Crippen LogP contribution in [0, 0.1) is 0 Å². The molecule has 0 saturated heterocycles. The minimum atomic E-state index is -0.131. The highest BCUT2D eigenvalue weighted by Gasteiger charge is 2.13. The molecular formula is C20H22N2O3S. The maximum atomic E-state index is 12.2. The van der Waals surface area contributed by atoms with Gasteiger partial charge in [-0.05, 0) is 36.2 Å². The first-order valence-electron chi connectivity index (χ1n) is 8.55. The number of ether oxygens (including phenoxy) is 2. The summed E-state index contributed by atoms with van der Waals surface area (Å²) in [7, 11) is 1.64. The van der Waals surface area contributed by atoms with Gasteiger partial charge in [0.1, 0.15) is 17.4 Å². The van der Waals surface area contributed by atoms with E-state index in [1.165, 1.54) is 0 Å². The minimum absolute atomic E-state index is 0.0164. The first-order chi connectivity index (χ1) is 12.7. The number of methoxy groups -OCH3 is 1. The van der Waals surface area contributed by atoms with Gasteiger partial charge in [-0.2, -0.15) is 0 Å². The van der Waals surface area contributed by atoms with Crippen LogP contribution < -0.4 is 10.1 Å². The third-order valence-electron chi connectivity index (χ3n) is 4.06. The Balaban J connectivity index is 1.50. The maximum absolute atomic E-state index is 12.2. The molecule has 1 N–H and O–H groups in total. The molecule has 0 bridgehead atoms. The second-order valence-corrected chi connectivity index (χ2v) is 6.98. The molecular weight excluding hydrogens is 348 g/mol. The molecule has 3 aromatic rings. The molecule has 1 amide bonds. The van der Waals surface area contributed by atoms with E-state index in [0.717, 1.165) is 33.0 Å². The van der Waals surface area contributed by atoms with Crippen LogP contribution in [0.4, 0.5) is 0 Å². The summed E-state index contributed by atoms with van der Waals surface area (Å²) in [5.74, 6) is 0.669. The molecule has 1 aromatic heterocycles. The molecule has 0 spiro atoms. The van der Waals surface area contributed by atoms with Crippen LogP contribution in [-0.4, -0.2) is 24.6 Å². The molecule has 1 atom stereocenters. The molecule has 0 aliphatic heterocycles. The van der Waals surface area contributed by atoms with E-state index < -0.39 is 0 Å². The van der Waals surface area contributed by atoms with Gasteiger partial charge in [-0.1, -0.05) is 31.2 Å². The number of fused-ring (bicyclic) bond motifs is 1. The van der Waals surface area contributed by atoms with E-state index in [1.54, 1.807) is 18.4 Å². The predicted octanol–water partition coefficient (Wildman–Crippen LogP) is 4.09. The summed E-state index contributed by atoms with van der Waals surface area (Å²) in [5.41, 5.74) is 2.01. The van der Waals surface area contributed by atoms with Gasteiger partial charge in [0.15, 0.2) is 0 Å². The number of para-hydroxylation sites is 1. The highest BCUT2D eigenvalue weighted by Crippen LogP contribution is 2.22. The molecule has 136 valence electrons. The Morgan fingerprint density at radius 2 is 1.96 bits per heavy atom. The lowest BCUT2D eigenvalue weighted by atomic mass is 10.0. The quantitative estimate of drug-likeness (QED) is 0.649. The number of nitrogens with zero attached hydrogens (tertiary/aromatic N) is 1. The van der Waals surface area contributed by atoms with E-state index in [9.17, 15) is 4.79 Å². The SMILES string of the molecule is CCC(NC(=O)COCc1nc2ccccc2s1)c1ccc(OC)cc1. The number of carbonyl (C=O) groups excluding carboxylic acids is 1. The zero-order valence-electron chi connectivity index (χ0n) is 14.9. The summed E-state index contributed by atoms with van der Waals surface area (Å²) >= 11 is 1.59. The number of carbonyl (C=O) groups is 1. The largest absolute Gasteiger partial charge is 0.497 e. The summed E-state index contributed by atoms with van der Waals surface area (Å²) in [6, 6.07) is 15.6. The normalized spacial score (nSPS) is 12.1. The van der Waals surface area contributed by atoms with Crippen molar-refractivity contribution in [3.8, 4) is 5.75 Å². The third kappa shape index (κ3) is 4.59. The number of hydrogen-bond acceptors (Lipinski definition) is 5. The van der Waals surface area contributed by atoms with Crippen molar-refractivity contribution in [2.24, 2.45) is 0 Å². The molecule has 0 aliphatic rings. The lowest BCUT2D eigenvalue weighted by Gasteiger charge is -2.17. The molecule has 0 saturated carbocycles. The number of hydrogen-bond donors (Lipinski definition) is 1. The molecule has 2 aromatic carbocycles. The van der Waals surface area contributed by atoms with Crippen LogP contribution in [0.5, 0.6) is 5.75 Å². The monoisotopic (exact) mass is 370 g/mol. The Labute approximate surface area is 157 Å². The summed E-state index contributed by atoms with van der Waals surface area (Å²) < 4.78 is 11.8. The van der Waals surface area contributed by atoms with Crippen molar-refractivity contribution in [3.63, 3.8) is 0 Å². The van der Waals surface area contributed by atoms with E-state index in [4.69, 9.17) is 9.47 Å². The Hall–Kier alpha value is -2.44. The minimum Gasteiger partial charge on any atom is -0.497 e. The molecule has 6 heteroatoms. The van der Waals surface area contributed by atoms with Gasteiger partial charge in [0.05, 0.1) is 30.0 Å². The molecule has 3 rings (SSSR count). The fourth-order valence-corrected chi connectivity index (χ4v) is 3.61. The number of rotatable bonds is 8. The Kier molecular flexibility index (Phi) is 6.20. The highest BCUT2D eigenvalue weighted by atomic mass is 32.1. The molecule has 26 heavy (non-hydrogen) atoms. The van der Waals surface area contributed by atoms with Gasteiger partial charge in [0, 0.05) is 0 Å². The van der Waals surface area contributed by atoms with Crippen molar-refractivity contribution in [1.82, 2.24) is 10.3 Å². The second-order valence-electron chi connectivity index (χ2n) is 5.87. The Bertz CT molecular complexity index is 828. The number of aromatic nitrogens is 1. The van der Waals surface area contributed by atoms with E-state index >= 15 is 0 Å². The molecule has 5 nitrogen and oxygen atoms in total. The van der Waals surface area contributed by atoms with Gasteiger partial charge < -0.3 is 14.8 Å². The molecule has 1 heterocycles. The summed E-state index contributed by atoms with van der Waals surface area (Å²) in [4.78, 5) is 16.7. The molecule has 1 unspecified atom stereocenters. The van der Waals surface area contributed by atoms with Crippen molar-refractivity contribution in [1.29, 1.82) is 0 Å². The second kappa shape index (κ2) is 8.78. The Morgan fingerprint density at radius 3 is 2.65 bits per heavy atom. The third-order valence-corrected chi connectivity index (χ3v) is 5.07. The fraction of sp³-hybridized carbons (Fsp3) is 0.300. The number of benzene rings is 2. The topological polar surface area (TPSA) is 60.5 Å². The van der Waals surface area contributed by atoms with Crippen LogP contribution >= 0.6 is 11.3 Å². The van der Waals surface area contributed by atoms with Crippen molar-refractivity contribution >= 4 is 27.5 Å². The maximum Gasteiger partial charge on any atom is 0.246 e. The summed E-state index contributed by atoms with van der Waals surface area (Å²) in [5, 5.41) is 3.89. The van der Waals surface area contributed by atoms with Crippen molar-refractivity contribution in [2.75, 3.05) is 13.7 Å². The number of nitrogens with one attached hydrogen (secondary N) is 1. The van der Waals surface area contributed by atoms with Crippen LogP contribution in [0.15, 0.2) is 48.5 Å². The zero-order valence-corrected chi connectivity index (χ0v) is 15.7. The van der Waals surface area contributed by atoms with Crippen molar-refractivity contribution in [2.45, 2.75) is 26.0 Å². The first-order valence-corrected chi connectivity index (χ1v) is 9.36. The van der Waals surface area contributed by atoms with Crippen LogP contribution in [-0.2, 0) is 16.1 Å². The van der Waals surface area contributed by atoms with Gasteiger partial charge in [0.25, 0.3) is 0 Å². The van der Waals surface area contributed by atoms with Crippen molar-refractivity contribution < 1.29 is 14.3 Å². The molecule has 0 aliphatic carbocycles. The first kappa shape index (κ1) is 18.4. The van der Waals surface area contributed by atoms with Gasteiger partial charge >= 0.3 is 0 Å². The number of amides is 1. The highest BCUT2D eigenvalue weighted by molar-refractivity contribution is 7.18. The van der Waals surface area contributed by atoms with E-state index in [1.807, 2.05) is 55.5 Å².